The van der Waals surface area contributed by atoms with Crippen molar-refractivity contribution in [1.82, 2.24) is 14.4 Å². The first kappa shape index (κ1) is 16.9. The summed E-state index contributed by atoms with van der Waals surface area (Å²) in [6.45, 7) is 9.54. The zero-order valence-electron chi connectivity index (χ0n) is 15.0. The summed E-state index contributed by atoms with van der Waals surface area (Å²) in [5.74, 6) is 0.243. The summed E-state index contributed by atoms with van der Waals surface area (Å²) >= 11 is 0. The number of ketones is 1. The fourth-order valence-electron chi connectivity index (χ4n) is 3.39. The van der Waals surface area contributed by atoms with Crippen LogP contribution in [0, 0.1) is 13.8 Å². The van der Waals surface area contributed by atoms with Crippen molar-refractivity contribution < 1.29 is 4.79 Å². The Morgan fingerprint density at radius 3 is 2.38 bits per heavy atom. The molecule has 0 aliphatic carbocycles. The van der Waals surface area contributed by atoms with Crippen LogP contribution >= 0.6 is 0 Å². The summed E-state index contributed by atoms with van der Waals surface area (Å²) in [4.78, 5) is 17.3. The van der Waals surface area contributed by atoms with E-state index in [0.717, 1.165) is 49.7 Å². The third-order valence-electron chi connectivity index (χ3n) is 5.02. The van der Waals surface area contributed by atoms with Crippen LogP contribution in [0.25, 0.3) is 0 Å². The molecule has 3 rings (SSSR count). The van der Waals surface area contributed by atoms with Crippen LogP contribution in [0.4, 0.5) is 0 Å². The van der Waals surface area contributed by atoms with E-state index in [9.17, 15) is 4.79 Å². The highest BCUT2D eigenvalue weighted by molar-refractivity contribution is 5.99. The third-order valence-corrected chi connectivity index (χ3v) is 5.02. The molecule has 0 unspecified atom stereocenters. The van der Waals surface area contributed by atoms with Crippen molar-refractivity contribution >= 4 is 5.78 Å². The molecule has 1 aromatic carbocycles. The summed E-state index contributed by atoms with van der Waals surface area (Å²) in [6, 6.07) is 12.5. The number of hydrogen-bond acceptors (Lipinski definition) is 3. The zero-order valence-corrected chi connectivity index (χ0v) is 15.0. The van der Waals surface area contributed by atoms with Crippen molar-refractivity contribution in [1.29, 1.82) is 0 Å². The fourth-order valence-corrected chi connectivity index (χ4v) is 3.39. The summed E-state index contributed by atoms with van der Waals surface area (Å²) in [5.41, 5.74) is 4.37. The molecule has 1 saturated heterocycles. The van der Waals surface area contributed by atoms with Gasteiger partial charge in [0.25, 0.3) is 0 Å². The minimum absolute atomic E-state index is 0.243. The Kier molecular flexibility index (Phi) is 5.17. The number of nitrogens with zero attached hydrogens (tertiary/aromatic N) is 3. The molecule has 0 bridgehead atoms. The van der Waals surface area contributed by atoms with Gasteiger partial charge in [0.1, 0.15) is 0 Å². The minimum atomic E-state index is 0.243. The highest BCUT2D eigenvalue weighted by atomic mass is 16.1. The lowest BCUT2D eigenvalue weighted by Crippen LogP contribution is -2.46. The van der Waals surface area contributed by atoms with Crippen molar-refractivity contribution in [2.24, 2.45) is 0 Å². The lowest BCUT2D eigenvalue weighted by molar-refractivity contribution is 0.0875. The van der Waals surface area contributed by atoms with Crippen molar-refractivity contribution in [3.05, 3.63) is 58.9 Å². The van der Waals surface area contributed by atoms with Gasteiger partial charge in [0.05, 0.1) is 6.54 Å². The molecule has 1 aromatic heterocycles. The van der Waals surface area contributed by atoms with Gasteiger partial charge in [0, 0.05) is 49.7 Å². The highest BCUT2D eigenvalue weighted by Gasteiger charge is 2.20. The monoisotopic (exact) mass is 325 g/mol. The van der Waals surface area contributed by atoms with Gasteiger partial charge in [-0.05, 0) is 32.5 Å². The van der Waals surface area contributed by atoms with Gasteiger partial charge in [-0.2, -0.15) is 0 Å². The van der Waals surface area contributed by atoms with Gasteiger partial charge in [-0.3, -0.25) is 9.69 Å². The molecular weight excluding hydrogens is 298 g/mol. The molecule has 4 heteroatoms. The van der Waals surface area contributed by atoms with Gasteiger partial charge < -0.3 is 9.47 Å². The molecule has 0 radical (unpaired) electrons. The smallest absolute Gasteiger partial charge is 0.178 e. The zero-order chi connectivity index (χ0) is 17.1. The van der Waals surface area contributed by atoms with E-state index in [2.05, 4.69) is 65.6 Å². The SMILES string of the molecule is Cc1cc(C(=O)CN2CCN(C)CC2)c(C)n1Cc1ccccc1. The van der Waals surface area contributed by atoms with Gasteiger partial charge in [0.15, 0.2) is 5.78 Å². The van der Waals surface area contributed by atoms with Crippen LogP contribution in [0.2, 0.25) is 0 Å². The predicted molar refractivity (Wildman–Crippen MR) is 97.7 cm³/mol. The average Bonchev–Trinajstić information content (AvgIpc) is 2.86. The fraction of sp³-hybridized carbons (Fsp3) is 0.450. The van der Waals surface area contributed by atoms with E-state index in [-0.39, 0.29) is 5.78 Å². The molecule has 2 heterocycles. The summed E-state index contributed by atoms with van der Waals surface area (Å²) in [7, 11) is 2.14. The molecule has 1 fully saturated rings. The van der Waals surface area contributed by atoms with Crippen molar-refractivity contribution in [2.75, 3.05) is 39.8 Å². The van der Waals surface area contributed by atoms with E-state index in [1.807, 2.05) is 6.07 Å². The number of aryl methyl sites for hydroxylation is 1. The van der Waals surface area contributed by atoms with Gasteiger partial charge in [-0.1, -0.05) is 30.3 Å². The highest BCUT2D eigenvalue weighted by Crippen LogP contribution is 2.18. The molecule has 0 amide bonds. The second-order valence-electron chi connectivity index (χ2n) is 6.86. The third kappa shape index (κ3) is 3.77. The summed E-state index contributed by atoms with van der Waals surface area (Å²) in [6.07, 6.45) is 0. The Morgan fingerprint density at radius 2 is 1.71 bits per heavy atom. The van der Waals surface area contributed by atoms with E-state index in [0.29, 0.717) is 6.54 Å². The van der Waals surface area contributed by atoms with Gasteiger partial charge in [-0.25, -0.2) is 0 Å². The number of Topliss-reactive ketones (excluding diaryl/α,β-unsaturated/α-hetero) is 1. The maximum Gasteiger partial charge on any atom is 0.178 e. The Bertz CT molecular complexity index is 697. The Morgan fingerprint density at radius 1 is 1.04 bits per heavy atom. The van der Waals surface area contributed by atoms with Crippen LogP contribution in [0.3, 0.4) is 0 Å². The number of piperazine rings is 1. The van der Waals surface area contributed by atoms with E-state index >= 15 is 0 Å². The van der Waals surface area contributed by atoms with E-state index in [4.69, 9.17) is 0 Å². The lowest BCUT2D eigenvalue weighted by atomic mass is 10.1. The quantitative estimate of drug-likeness (QED) is 0.791. The molecular formula is C20H27N3O. The minimum Gasteiger partial charge on any atom is -0.344 e. The van der Waals surface area contributed by atoms with Crippen molar-refractivity contribution in [3.8, 4) is 0 Å². The second kappa shape index (κ2) is 7.32. The van der Waals surface area contributed by atoms with Crippen LogP contribution in [-0.2, 0) is 6.54 Å². The number of benzene rings is 1. The van der Waals surface area contributed by atoms with Gasteiger partial charge in [-0.15, -0.1) is 0 Å². The van der Waals surface area contributed by atoms with E-state index < -0.39 is 0 Å². The topological polar surface area (TPSA) is 28.5 Å². The number of likely N-dealkylation sites (N-methyl/N-ethyl adjacent to an activating group) is 1. The van der Waals surface area contributed by atoms with Crippen LogP contribution in [0.15, 0.2) is 36.4 Å². The van der Waals surface area contributed by atoms with Gasteiger partial charge >= 0.3 is 0 Å². The molecule has 2 aromatic rings. The van der Waals surface area contributed by atoms with Gasteiger partial charge in [0.2, 0.25) is 0 Å². The summed E-state index contributed by atoms with van der Waals surface area (Å²) < 4.78 is 2.24. The summed E-state index contributed by atoms with van der Waals surface area (Å²) in [5, 5.41) is 0. The molecule has 0 N–H and O–H groups in total. The van der Waals surface area contributed by atoms with Crippen LogP contribution in [0.1, 0.15) is 27.3 Å². The largest absolute Gasteiger partial charge is 0.344 e. The number of carbonyl (C=O) groups is 1. The molecule has 0 saturated carbocycles. The first-order chi connectivity index (χ1) is 11.5. The normalized spacial score (nSPS) is 16.5. The number of rotatable bonds is 5. The molecule has 0 atom stereocenters. The maximum atomic E-state index is 12.8. The van der Waals surface area contributed by atoms with Crippen LogP contribution in [-0.4, -0.2) is 59.9 Å². The molecule has 128 valence electrons. The average molecular weight is 325 g/mol. The van der Waals surface area contributed by atoms with Crippen molar-refractivity contribution in [3.63, 3.8) is 0 Å². The van der Waals surface area contributed by atoms with Crippen LogP contribution < -0.4 is 0 Å². The Balaban J connectivity index is 1.72. The first-order valence-electron chi connectivity index (χ1n) is 8.69. The van der Waals surface area contributed by atoms with E-state index in [1.54, 1.807) is 0 Å². The second-order valence-corrected chi connectivity index (χ2v) is 6.86. The van der Waals surface area contributed by atoms with Crippen LogP contribution in [0.5, 0.6) is 0 Å². The van der Waals surface area contributed by atoms with E-state index in [1.165, 1.54) is 5.56 Å². The maximum absolute atomic E-state index is 12.8. The number of aromatic nitrogens is 1. The molecule has 4 nitrogen and oxygen atoms in total. The van der Waals surface area contributed by atoms with Crippen molar-refractivity contribution in [2.45, 2.75) is 20.4 Å². The number of hydrogen-bond donors (Lipinski definition) is 0. The molecule has 1 aliphatic heterocycles. The standard InChI is InChI=1S/C20H27N3O/c1-16-13-19(20(24)15-22-11-9-21(3)10-12-22)17(2)23(16)14-18-7-5-4-6-8-18/h4-8,13H,9-12,14-15H2,1-3H3. The lowest BCUT2D eigenvalue weighted by Gasteiger charge is -2.31. The first-order valence-corrected chi connectivity index (χ1v) is 8.69. The Labute approximate surface area is 144 Å². The number of carbonyl (C=O) groups excluding carboxylic acids is 1. The molecule has 1 aliphatic rings. The molecule has 24 heavy (non-hydrogen) atoms. The predicted octanol–water partition coefficient (Wildman–Crippen LogP) is 2.58. The molecule has 0 spiro atoms. The Hall–Kier alpha value is -1.91.